The molecule has 0 aliphatic heterocycles. The van der Waals surface area contributed by atoms with Crippen LogP contribution in [-0.4, -0.2) is 17.6 Å². The minimum absolute atomic E-state index is 0.505. The van der Waals surface area contributed by atoms with E-state index in [0.717, 1.165) is 18.9 Å². The van der Waals surface area contributed by atoms with Crippen LogP contribution in [0.3, 0.4) is 0 Å². The van der Waals surface area contributed by atoms with Gasteiger partial charge in [0.2, 0.25) is 0 Å². The van der Waals surface area contributed by atoms with E-state index in [0.29, 0.717) is 23.8 Å². The van der Waals surface area contributed by atoms with Gasteiger partial charge in [0.05, 0.1) is 0 Å². The summed E-state index contributed by atoms with van der Waals surface area (Å²) in [7, 11) is 0. The van der Waals surface area contributed by atoms with Crippen molar-refractivity contribution in [3.05, 3.63) is 23.9 Å². The molecular formula is C17H31N3. The Morgan fingerprint density at radius 2 is 1.70 bits per heavy atom. The molecule has 1 aromatic rings. The van der Waals surface area contributed by atoms with Gasteiger partial charge in [0.15, 0.2) is 0 Å². The molecule has 3 heteroatoms. The molecule has 0 aliphatic carbocycles. The Hall–Kier alpha value is -1.09. The number of nitrogens with one attached hydrogen (secondary N) is 2. The average Bonchev–Trinajstić information content (AvgIpc) is 2.36. The van der Waals surface area contributed by atoms with E-state index >= 15 is 0 Å². The Kier molecular flexibility index (Phi) is 7.00. The number of aromatic nitrogens is 1. The molecule has 0 bridgehead atoms. The van der Waals surface area contributed by atoms with Crippen LogP contribution in [0.25, 0.3) is 0 Å². The van der Waals surface area contributed by atoms with Gasteiger partial charge in [-0.2, -0.15) is 0 Å². The molecule has 1 aromatic heterocycles. The second kappa shape index (κ2) is 8.25. The van der Waals surface area contributed by atoms with Crippen LogP contribution in [0.4, 0.5) is 5.82 Å². The molecule has 20 heavy (non-hydrogen) atoms. The highest BCUT2D eigenvalue weighted by Crippen LogP contribution is 2.21. The average molecular weight is 277 g/mol. The summed E-state index contributed by atoms with van der Waals surface area (Å²) >= 11 is 0. The maximum Gasteiger partial charge on any atom is 0.126 e. The van der Waals surface area contributed by atoms with Crippen molar-refractivity contribution in [2.45, 2.75) is 54.1 Å². The number of nitrogens with zero attached hydrogens (tertiary/aromatic N) is 1. The quantitative estimate of drug-likeness (QED) is 0.756. The third kappa shape index (κ3) is 5.91. The molecule has 0 fully saturated rings. The minimum Gasteiger partial charge on any atom is -0.370 e. The highest BCUT2D eigenvalue weighted by atomic mass is 15.0. The Balaban J connectivity index is 2.57. The number of rotatable bonds is 8. The van der Waals surface area contributed by atoms with Crippen molar-refractivity contribution in [1.29, 1.82) is 0 Å². The lowest BCUT2D eigenvalue weighted by atomic mass is 9.85. The molecule has 0 atom stereocenters. The molecule has 0 amide bonds. The standard InChI is InChI=1S/C17H31N3/c1-12(2)16(13(3)4)11-20-17-9-15(7-8-18-17)10-19-14(5)6/h7-9,12-14,16,19H,10-11H2,1-6H3,(H,18,20). The first-order valence-corrected chi connectivity index (χ1v) is 7.82. The minimum atomic E-state index is 0.505. The van der Waals surface area contributed by atoms with Gasteiger partial charge in [-0.25, -0.2) is 4.98 Å². The third-order valence-corrected chi connectivity index (χ3v) is 3.77. The lowest BCUT2D eigenvalue weighted by Gasteiger charge is -2.25. The van der Waals surface area contributed by atoms with Gasteiger partial charge in [-0.15, -0.1) is 0 Å². The Morgan fingerprint density at radius 1 is 1.05 bits per heavy atom. The molecule has 0 radical (unpaired) electrons. The summed E-state index contributed by atoms with van der Waals surface area (Å²) in [5, 5.41) is 6.93. The van der Waals surface area contributed by atoms with E-state index in [4.69, 9.17) is 0 Å². The Bertz CT molecular complexity index is 378. The third-order valence-electron chi connectivity index (χ3n) is 3.77. The van der Waals surface area contributed by atoms with Crippen molar-refractivity contribution in [1.82, 2.24) is 10.3 Å². The first-order valence-electron chi connectivity index (χ1n) is 7.82. The molecule has 0 aliphatic rings. The van der Waals surface area contributed by atoms with E-state index < -0.39 is 0 Å². The van der Waals surface area contributed by atoms with Gasteiger partial charge < -0.3 is 10.6 Å². The summed E-state index contributed by atoms with van der Waals surface area (Å²) in [6.45, 7) is 15.4. The maximum atomic E-state index is 4.42. The van der Waals surface area contributed by atoms with Crippen molar-refractivity contribution in [2.75, 3.05) is 11.9 Å². The molecular weight excluding hydrogens is 246 g/mol. The molecule has 0 unspecified atom stereocenters. The van der Waals surface area contributed by atoms with Crippen molar-refractivity contribution in [3.8, 4) is 0 Å². The van der Waals surface area contributed by atoms with Crippen LogP contribution >= 0.6 is 0 Å². The van der Waals surface area contributed by atoms with Gasteiger partial charge in [0, 0.05) is 25.3 Å². The van der Waals surface area contributed by atoms with Crippen LogP contribution in [0.1, 0.15) is 47.1 Å². The molecule has 2 N–H and O–H groups in total. The van der Waals surface area contributed by atoms with Gasteiger partial charge in [-0.3, -0.25) is 0 Å². The van der Waals surface area contributed by atoms with E-state index in [9.17, 15) is 0 Å². The van der Waals surface area contributed by atoms with Gasteiger partial charge >= 0.3 is 0 Å². The molecule has 0 saturated carbocycles. The fraction of sp³-hybridized carbons (Fsp3) is 0.706. The summed E-state index contributed by atoms with van der Waals surface area (Å²) in [6.07, 6.45) is 1.89. The summed E-state index contributed by atoms with van der Waals surface area (Å²) in [5.74, 6) is 3.04. The van der Waals surface area contributed by atoms with Crippen LogP contribution in [-0.2, 0) is 6.54 Å². The zero-order valence-electron chi connectivity index (χ0n) is 13.9. The van der Waals surface area contributed by atoms with Crippen molar-refractivity contribution in [2.24, 2.45) is 17.8 Å². The first kappa shape index (κ1) is 17.0. The predicted molar refractivity (Wildman–Crippen MR) is 87.9 cm³/mol. The second-order valence-electron chi connectivity index (χ2n) is 6.62. The van der Waals surface area contributed by atoms with Crippen LogP contribution < -0.4 is 10.6 Å². The SMILES string of the molecule is CC(C)NCc1ccnc(NCC(C(C)C)C(C)C)c1. The van der Waals surface area contributed by atoms with Crippen LogP contribution in [0.15, 0.2) is 18.3 Å². The predicted octanol–water partition coefficient (Wildman–Crippen LogP) is 3.92. The van der Waals surface area contributed by atoms with Gasteiger partial charge in [0.1, 0.15) is 5.82 Å². The first-order chi connectivity index (χ1) is 9.40. The number of pyridine rings is 1. The van der Waals surface area contributed by atoms with E-state index in [1.54, 1.807) is 0 Å². The molecule has 1 rings (SSSR count). The molecule has 3 nitrogen and oxygen atoms in total. The van der Waals surface area contributed by atoms with Gasteiger partial charge in [0.25, 0.3) is 0 Å². The topological polar surface area (TPSA) is 37.0 Å². The van der Waals surface area contributed by atoms with Crippen molar-refractivity contribution < 1.29 is 0 Å². The summed E-state index contributed by atoms with van der Waals surface area (Å²) < 4.78 is 0. The van der Waals surface area contributed by atoms with Gasteiger partial charge in [-0.1, -0.05) is 41.5 Å². The molecule has 114 valence electrons. The van der Waals surface area contributed by atoms with Crippen LogP contribution in [0, 0.1) is 17.8 Å². The van der Waals surface area contributed by atoms with Crippen LogP contribution in [0.2, 0.25) is 0 Å². The number of hydrogen-bond acceptors (Lipinski definition) is 3. The molecule has 0 saturated heterocycles. The van der Waals surface area contributed by atoms with E-state index in [-0.39, 0.29) is 0 Å². The lowest BCUT2D eigenvalue weighted by molar-refractivity contribution is 0.304. The fourth-order valence-electron chi connectivity index (χ4n) is 2.47. The monoisotopic (exact) mass is 277 g/mol. The Morgan fingerprint density at radius 3 is 2.25 bits per heavy atom. The molecule has 0 aromatic carbocycles. The second-order valence-corrected chi connectivity index (χ2v) is 6.62. The van der Waals surface area contributed by atoms with E-state index in [1.807, 2.05) is 6.20 Å². The lowest BCUT2D eigenvalue weighted by Crippen LogP contribution is -2.25. The maximum absolute atomic E-state index is 4.42. The summed E-state index contributed by atoms with van der Waals surface area (Å²) in [5.41, 5.74) is 1.28. The Labute approximate surface area is 124 Å². The molecule has 1 heterocycles. The zero-order valence-corrected chi connectivity index (χ0v) is 13.9. The highest BCUT2D eigenvalue weighted by Gasteiger charge is 2.17. The van der Waals surface area contributed by atoms with E-state index in [1.165, 1.54) is 5.56 Å². The fourth-order valence-corrected chi connectivity index (χ4v) is 2.47. The zero-order chi connectivity index (χ0) is 15.1. The van der Waals surface area contributed by atoms with Crippen molar-refractivity contribution in [3.63, 3.8) is 0 Å². The number of anilines is 1. The van der Waals surface area contributed by atoms with E-state index in [2.05, 4.69) is 69.3 Å². The molecule has 0 spiro atoms. The largest absolute Gasteiger partial charge is 0.370 e. The summed E-state index contributed by atoms with van der Waals surface area (Å²) in [6, 6.07) is 4.72. The summed E-state index contributed by atoms with van der Waals surface area (Å²) in [4.78, 5) is 4.42. The van der Waals surface area contributed by atoms with Crippen LogP contribution in [0.5, 0.6) is 0 Å². The smallest absolute Gasteiger partial charge is 0.126 e. The normalized spacial score (nSPS) is 11.9. The number of hydrogen-bond donors (Lipinski definition) is 2. The highest BCUT2D eigenvalue weighted by molar-refractivity contribution is 5.37. The van der Waals surface area contributed by atoms with Crippen molar-refractivity contribution >= 4 is 5.82 Å². The van der Waals surface area contributed by atoms with Gasteiger partial charge in [-0.05, 0) is 35.4 Å².